The molecule has 3 atom stereocenters. The van der Waals surface area contributed by atoms with Crippen molar-refractivity contribution >= 4 is 11.9 Å². The van der Waals surface area contributed by atoms with Crippen LogP contribution >= 0.6 is 0 Å². The van der Waals surface area contributed by atoms with Gasteiger partial charge in [0.15, 0.2) is 5.78 Å². The average molecular weight is 297 g/mol. The minimum atomic E-state index is -0.573. The predicted octanol–water partition coefficient (Wildman–Crippen LogP) is 4.10. The van der Waals surface area contributed by atoms with Gasteiger partial charge in [-0.3, -0.25) is 4.79 Å². The van der Waals surface area contributed by atoms with Crippen LogP contribution in [-0.4, -0.2) is 23.5 Å². The van der Waals surface area contributed by atoms with E-state index in [0.29, 0.717) is 6.42 Å². The molecule has 4 heteroatoms. The highest BCUT2D eigenvalue weighted by atomic mass is 16.6. The van der Waals surface area contributed by atoms with Crippen LogP contribution in [-0.2, 0) is 9.53 Å². The number of rotatable bonds is 7. The standard InChI is InChI=1S/C17H31NO3/c1-9-12(4)14(15(19)13(5)10-11(2)3)18-16(20)21-17(6,7)8/h12-14H,2,9-10H2,1,3-8H3,(H,18,20)/t12-,13-,14-/m0/s1. The summed E-state index contributed by atoms with van der Waals surface area (Å²) in [6.45, 7) is 17.0. The van der Waals surface area contributed by atoms with Crippen LogP contribution in [0.25, 0.3) is 0 Å². The Kier molecular flexibility index (Phi) is 7.69. The normalized spacial score (nSPS) is 15.8. The second kappa shape index (κ2) is 8.20. The molecule has 0 aliphatic rings. The molecule has 0 heterocycles. The van der Waals surface area contributed by atoms with Crippen LogP contribution in [0.3, 0.4) is 0 Å². The van der Waals surface area contributed by atoms with E-state index < -0.39 is 17.7 Å². The lowest BCUT2D eigenvalue weighted by atomic mass is 9.87. The average Bonchev–Trinajstić information content (AvgIpc) is 2.31. The molecule has 1 N–H and O–H groups in total. The first-order valence-electron chi connectivity index (χ1n) is 7.65. The Morgan fingerprint density at radius 2 is 1.76 bits per heavy atom. The third-order valence-corrected chi connectivity index (χ3v) is 3.33. The van der Waals surface area contributed by atoms with Crippen LogP contribution in [0.2, 0.25) is 0 Å². The van der Waals surface area contributed by atoms with Crippen molar-refractivity contribution in [3.8, 4) is 0 Å². The quantitative estimate of drug-likeness (QED) is 0.720. The molecule has 122 valence electrons. The van der Waals surface area contributed by atoms with E-state index in [4.69, 9.17) is 4.74 Å². The summed E-state index contributed by atoms with van der Waals surface area (Å²) in [5.74, 6) is -0.0489. The van der Waals surface area contributed by atoms with Crippen LogP contribution in [0.1, 0.15) is 61.3 Å². The van der Waals surface area contributed by atoms with Gasteiger partial charge in [-0.2, -0.15) is 0 Å². The van der Waals surface area contributed by atoms with Gasteiger partial charge in [-0.1, -0.05) is 32.8 Å². The maximum absolute atomic E-state index is 12.6. The molecule has 0 unspecified atom stereocenters. The van der Waals surface area contributed by atoms with E-state index in [-0.39, 0.29) is 17.6 Å². The Balaban J connectivity index is 4.92. The van der Waals surface area contributed by atoms with Crippen LogP contribution in [0.4, 0.5) is 4.79 Å². The lowest BCUT2D eigenvalue weighted by molar-refractivity contribution is -0.125. The van der Waals surface area contributed by atoms with Crippen molar-refractivity contribution in [3.63, 3.8) is 0 Å². The molecule has 0 spiro atoms. The molecule has 0 aromatic carbocycles. The molecule has 0 bridgehead atoms. The lowest BCUT2D eigenvalue weighted by Crippen LogP contribution is -2.48. The van der Waals surface area contributed by atoms with Crippen molar-refractivity contribution in [1.82, 2.24) is 5.32 Å². The van der Waals surface area contributed by atoms with Gasteiger partial charge in [0.25, 0.3) is 0 Å². The molecule has 21 heavy (non-hydrogen) atoms. The highest BCUT2D eigenvalue weighted by Crippen LogP contribution is 2.18. The highest BCUT2D eigenvalue weighted by molar-refractivity contribution is 5.89. The van der Waals surface area contributed by atoms with Gasteiger partial charge in [0.1, 0.15) is 5.60 Å². The summed E-state index contributed by atoms with van der Waals surface area (Å²) in [6.07, 6.45) is 0.914. The molecule has 4 nitrogen and oxygen atoms in total. The minimum Gasteiger partial charge on any atom is -0.444 e. The topological polar surface area (TPSA) is 55.4 Å². The molecular weight excluding hydrogens is 266 g/mol. The highest BCUT2D eigenvalue weighted by Gasteiger charge is 2.30. The molecule has 0 aliphatic heterocycles. The zero-order chi connectivity index (χ0) is 16.8. The Morgan fingerprint density at radius 1 is 1.24 bits per heavy atom. The van der Waals surface area contributed by atoms with Gasteiger partial charge in [0.2, 0.25) is 0 Å². The molecular formula is C17H31NO3. The number of ether oxygens (including phenoxy) is 1. The number of Topliss-reactive ketones (excluding diaryl/α,β-unsaturated/α-hetero) is 1. The van der Waals surface area contributed by atoms with E-state index in [9.17, 15) is 9.59 Å². The maximum Gasteiger partial charge on any atom is 0.408 e. The molecule has 0 radical (unpaired) electrons. The van der Waals surface area contributed by atoms with Crippen molar-refractivity contribution < 1.29 is 14.3 Å². The van der Waals surface area contributed by atoms with Gasteiger partial charge in [0, 0.05) is 5.92 Å². The maximum atomic E-state index is 12.6. The molecule has 0 aromatic heterocycles. The second-order valence-corrected chi connectivity index (χ2v) is 6.97. The molecule has 0 aromatic rings. The molecule has 0 saturated carbocycles. The zero-order valence-electron chi connectivity index (χ0n) is 14.6. The fraction of sp³-hybridized carbons (Fsp3) is 0.765. The number of allylic oxidation sites excluding steroid dienone is 1. The number of carbonyl (C=O) groups excluding carboxylic acids is 2. The summed E-state index contributed by atoms with van der Waals surface area (Å²) >= 11 is 0. The van der Waals surface area contributed by atoms with Crippen molar-refractivity contribution in [2.45, 2.75) is 73.0 Å². The lowest BCUT2D eigenvalue weighted by Gasteiger charge is -2.28. The molecule has 1 amide bonds. The summed E-state index contributed by atoms with van der Waals surface area (Å²) in [7, 11) is 0. The Hall–Kier alpha value is -1.32. The van der Waals surface area contributed by atoms with E-state index in [1.54, 1.807) is 20.8 Å². The molecule has 0 fully saturated rings. The minimum absolute atomic E-state index is 0.0400. The first kappa shape index (κ1) is 19.7. The van der Waals surface area contributed by atoms with Crippen LogP contribution < -0.4 is 5.32 Å². The summed E-state index contributed by atoms with van der Waals surface area (Å²) in [6, 6.07) is -0.515. The van der Waals surface area contributed by atoms with Crippen LogP contribution in [0.15, 0.2) is 12.2 Å². The summed E-state index contributed by atoms with van der Waals surface area (Å²) in [5.41, 5.74) is 0.396. The Bertz CT molecular complexity index is 382. The molecule has 0 saturated heterocycles. The van der Waals surface area contributed by atoms with E-state index >= 15 is 0 Å². The number of hydrogen-bond acceptors (Lipinski definition) is 3. The van der Waals surface area contributed by atoms with E-state index in [2.05, 4.69) is 11.9 Å². The third kappa shape index (κ3) is 7.88. The number of hydrogen-bond donors (Lipinski definition) is 1. The zero-order valence-corrected chi connectivity index (χ0v) is 14.6. The number of nitrogens with one attached hydrogen (secondary N) is 1. The van der Waals surface area contributed by atoms with E-state index in [1.165, 1.54) is 0 Å². The number of amides is 1. The van der Waals surface area contributed by atoms with E-state index in [1.807, 2.05) is 27.7 Å². The smallest absolute Gasteiger partial charge is 0.408 e. The Morgan fingerprint density at radius 3 is 2.14 bits per heavy atom. The number of carbonyl (C=O) groups is 2. The Labute approximate surface area is 129 Å². The van der Waals surface area contributed by atoms with Gasteiger partial charge in [-0.05, 0) is 40.0 Å². The second-order valence-electron chi connectivity index (χ2n) is 6.97. The van der Waals surface area contributed by atoms with Gasteiger partial charge in [-0.25, -0.2) is 4.79 Å². The third-order valence-electron chi connectivity index (χ3n) is 3.33. The largest absolute Gasteiger partial charge is 0.444 e. The fourth-order valence-corrected chi connectivity index (χ4v) is 2.09. The monoisotopic (exact) mass is 297 g/mol. The summed E-state index contributed by atoms with van der Waals surface area (Å²) < 4.78 is 5.25. The number of ketones is 1. The predicted molar refractivity (Wildman–Crippen MR) is 86.2 cm³/mol. The van der Waals surface area contributed by atoms with Gasteiger partial charge in [0.05, 0.1) is 6.04 Å². The van der Waals surface area contributed by atoms with Gasteiger partial charge >= 0.3 is 6.09 Å². The van der Waals surface area contributed by atoms with Gasteiger partial charge < -0.3 is 10.1 Å². The SMILES string of the molecule is C=C(C)C[C@H](C)C(=O)[C@@H](NC(=O)OC(C)(C)C)[C@@H](C)CC. The number of alkyl carbamates (subject to hydrolysis) is 1. The molecule has 0 aliphatic carbocycles. The van der Waals surface area contributed by atoms with Gasteiger partial charge in [-0.15, -0.1) is 6.58 Å². The molecule has 0 rings (SSSR count). The summed E-state index contributed by atoms with van der Waals surface area (Å²) in [4.78, 5) is 24.5. The van der Waals surface area contributed by atoms with Crippen molar-refractivity contribution in [2.75, 3.05) is 0 Å². The van der Waals surface area contributed by atoms with E-state index in [0.717, 1.165) is 12.0 Å². The fourth-order valence-electron chi connectivity index (χ4n) is 2.09. The van der Waals surface area contributed by atoms with Crippen molar-refractivity contribution in [1.29, 1.82) is 0 Å². The summed E-state index contributed by atoms with van der Waals surface area (Å²) in [5, 5.41) is 2.74. The van der Waals surface area contributed by atoms with Crippen molar-refractivity contribution in [3.05, 3.63) is 12.2 Å². The first-order chi connectivity index (χ1) is 9.47. The first-order valence-corrected chi connectivity index (χ1v) is 7.65. The van der Waals surface area contributed by atoms with Crippen LogP contribution in [0, 0.1) is 11.8 Å². The van der Waals surface area contributed by atoms with Crippen LogP contribution in [0.5, 0.6) is 0 Å². The van der Waals surface area contributed by atoms with Crippen molar-refractivity contribution in [2.24, 2.45) is 11.8 Å².